The molecule has 2 aromatic carbocycles. The summed E-state index contributed by atoms with van der Waals surface area (Å²) in [5.41, 5.74) is 2.48. The molecule has 1 N–H and O–H groups in total. The highest BCUT2D eigenvalue weighted by Crippen LogP contribution is 2.37. The molecule has 6 nitrogen and oxygen atoms in total. The van der Waals surface area contributed by atoms with Crippen LogP contribution < -0.4 is 15.1 Å². The van der Waals surface area contributed by atoms with E-state index >= 15 is 0 Å². The number of carbonyl (C=O) groups is 1. The van der Waals surface area contributed by atoms with Gasteiger partial charge in [0.15, 0.2) is 0 Å². The molecule has 0 bridgehead atoms. The largest absolute Gasteiger partial charge is 0.325 e. The molecule has 0 spiro atoms. The lowest BCUT2D eigenvalue weighted by Gasteiger charge is -2.32. The van der Waals surface area contributed by atoms with Crippen LogP contribution in [0.1, 0.15) is 25.1 Å². The van der Waals surface area contributed by atoms with Crippen molar-refractivity contribution in [2.45, 2.75) is 24.7 Å². The quantitative estimate of drug-likeness (QED) is 0.482. The highest BCUT2D eigenvalue weighted by molar-refractivity contribution is 9.10. The Bertz CT molecular complexity index is 1130. The summed E-state index contributed by atoms with van der Waals surface area (Å²) in [6.45, 7) is 1.83. The maximum atomic E-state index is 13.0. The molecule has 142 valence electrons. The van der Waals surface area contributed by atoms with Gasteiger partial charge in [-0.1, -0.05) is 58.9 Å². The van der Waals surface area contributed by atoms with Gasteiger partial charge in [-0.2, -0.15) is 0 Å². The Morgan fingerprint density at radius 3 is 2.79 bits per heavy atom. The van der Waals surface area contributed by atoms with E-state index in [1.165, 1.54) is 11.8 Å². The fourth-order valence-corrected chi connectivity index (χ4v) is 4.25. The summed E-state index contributed by atoms with van der Waals surface area (Å²) in [6, 6.07) is 15.2. The van der Waals surface area contributed by atoms with Crippen molar-refractivity contribution in [3.05, 3.63) is 68.9 Å². The van der Waals surface area contributed by atoms with Crippen LogP contribution in [0.3, 0.4) is 0 Å². The van der Waals surface area contributed by atoms with Gasteiger partial charge in [0.05, 0.1) is 11.3 Å². The first-order valence-electron chi connectivity index (χ1n) is 8.82. The summed E-state index contributed by atoms with van der Waals surface area (Å²) >= 11 is 4.86. The van der Waals surface area contributed by atoms with Gasteiger partial charge in [-0.05, 0) is 35.2 Å². The van der Waals surface area contributed by atoms with Crippen LogP contribution >= 0.6 is 27.7 Å². The zero-order valence-electron chi connectivity index (χ0n) is 15.3. The van der Waals surface area contributed by atoms with Gasteiger partial charge >= 0.3 is 11.3 Å². The third kappa shape index (κ3) is 3.06. The van der Waals surface area contributed by atoms with E-state index in [1.807, 2.05) is 61.7 Å². The molecule has 0 fully saturated rings. The number of hydrogen-bond acceptors (Lipinski definition) is 4. The number of hydrogen-bond donors (Lipinski definition) is 1. The molecule has 3 aromatic rings. The molecule has 8 heteroatoms. The fourth-order valence-electron chi connectivity index (χ4n) is 3.47. The van der Waals surface area contributed by atoms with Gasteiger partial charge in [-0.3, -0.25) is 14.6 Å². The Kier molecular flexibility index (Phi) is 5.07. The van der Waals surface area contributed by atoms with Gasteiger partial charge in [0.25, 0.3) is 6.17 Å². The molecule has 2 heterocycles. The van der Waals surface area contributed by atoms with Crippen LogP contribution in [-0.2, 0) is 4.79 Å². The van der Waals surface area contributed by atoms with Crippen LogP contribution in [0, 0.1) is 0 Å². The molecule has 1 atom stereocenters. The maximum absolute atomic E-state index is 13.0. The smallest absolute Gasteiger partial charge is 0.291 e. The molecule has 1 aliphatic rings. The predicted octanol–water partition coefficient (Wildman–Crippen LogP) is 3.51. The summed E-state index contributed by atoms with van der Waals surface area (Å²) in [5.74, 6) is -0.0386. The molecule has 0 aliphatic carbocycles. The van der Waals surface area contributed by atoms with Crippen LogP contribution in [0.15, 0.2) is 63.0 Å². The number of thioether (sulfide) groups is 1. The van der Waals surface area contributed by atoms with Gasteiger partial charge in [-0.15, -0.1) is 0 Å². The van der Waals surface area contributed by atoms with Crippen molar-refractivity contribution >= 4 is 39.3 Å². The lowest BCUT2D eigenvalue weighted by molar-refractivity contribution is -0.763. The third-order valence-electron chi connectivity index (χ3n) is 4.67. The summed E-state index contributed by atoms with van der Waals surface area (Å²) in [6.07, 6.45) is 1.64. The number of nitrogens with one attached hydrogen (secondary N) is 1. The van der Waals surface area contributed by atoms with Crippen LogP contribution in [-0.4, -0.2) is 22.2 Å². The topological polar surface area (TPSA) is 69.9 Å². The second kappa shape index (κ2) is 7.52. The van der Waals surface area contributed by atoms with Crippen LogP contribution in [0.2, 0.25) is 0 Å². The molecular weight excluding hydrogens is 440 g/mol. The normalized spacial score (nSPS) is 15.1. The van der Waals surface area contributed by atoms with Crippen molar-refractivity contribution in [3.8, 4) is 11.3 Å². The first kappa shape index (κ1) is 18.9. The minimum absolute atomic E-state index is 0.0386. The molecule has 1 amide bonds. The minimum Gasteiger partial charge on any atom is -0.291 e. The molecule has 28 heavy (non-hydrogen) atoms. The zero-order chi connectivity index (χ0) is 19.8. The first-order valence-corrected chi connectivity index (χ1v) is 10.8. The van der Waals surface area contributed by atoms with E-state index in [4.69, 9.17) is 0 Å². The van der Waals surface area contributed by atoms with Crippen molar-refractivity contribution in [1.29, 1.82) is 0 Å². The molecular formula is C20H18BrN4O2S+. The third-order valence-corrected chi connectivity index (χ3v) is 5.73. The lowest BCUT2D eigenvalue weighted by Crippen LogP contribution is -2.60. The number of fused-ring (bicyclic) bond motifs is 3. The van der Waals surface area contributed by atoms with E-state index in [0.717, 1.165) is 10.0 Å². The molecule has 0 saturated heterocycles. The number of carbonyl (C=O) groups excluding carboxylic acids is 1. The number of benzene rings is 2. The monoisotopic (exact) mass is 457 g/mol. The van der Waals surface area contributed by atoms with Crippen molar-refractivity contribution in [2.24, 2.45) is 0 Å². The van der Waals surface area contributed by atoms with Gasteiger partial charge in [-0.25, -0.2) is 4.90 Å². The average molecular weight is 458 g/mol. The van der Waals surface area contributed by atoms with E-state index in [-0.39, 0.29) is 11.5 Å². The number of aromatic nitrogens is 3. The number of aromatic amines is 1. The fraction of sp³-hybridized carbons (Fsp3) is 0.200. The van der Waals surface area contributed by atoms with Gasteiger partial charge < -0.3 is 0 Å². The highest BCUT2D eigenvalue weighted by atomic mass is 79.9. The van der Waals surface area contributed by atoms with Gasteiger partial charge in [0.1, 0.15) is 0 Å². The number of amides is 1. The maximum Gasteiger partial charge on any atom is 0.325 e. The standard InChI is InChI=1S/C20H17BrN4O2S/c1-3-16(26)24-15-10-5-4-9-14(15)17-18(27)22-20(28-2)23-25(17)19(24)12-7-6-8-13(21)11-12/h4-11,19H,3H2,1-2H3/p+1/t19-/m0/s1. The molecule has 0 radical (unpaired) electrons. The van der Waals surface area contributed by atoms with E-state index in [0.29, 0.717) is 28.5 Å². The van der Waals surface area contributed by atoms with Crippen molar-refractivity contribution in [1.82, 2.24) is 10.1 Å². The second-order valence-electron chi connectivity index (χ2n) is 6.32. The number of nitrogens with zero attached hydrogens (tertiary/aromatic N) is 3. The Morgan fingerprint density at radius 1 is 1.29 bits per heavy atom. The Labute approximate surface area is 174 Å². The Morgan fingerprint density at radius 2 is 2.07 bits per heavy atom. The summed E-state index contributed by atoms with van der Waals surface area (Å²) < 4.78 is 2.56. The Balaban J connectivity index is 2.10. The molecule has 1 aromatic heterocycles. The number of rotatable bonds is 3. The number of anilines is 1. The van der Waals surface area contributed by atoms with E-state index in [1.54, 1.807) is 9.58 Å². The predicted molar refractivity (Wildman–Crippen MR) is 112 cm³/mol. The zero-order valence-corrected chi connectivity index (χ0v) is 17.8. The van der Waals surface area contributed by atoms with Crippen LogP contribution in [0.4, 0.5) is 5.69 Å². The second-order valence-corrected chi connectivity index (χ2v) is 8.03. The summed E-state index contributed by atoms with van der Waals surface area (Å²) in [4.78, 5) is 30.6. The van der Waals surface area contributed by atoms with E-state index < -0.39 is 6.17 Å². The minimum atomic E-state index is -0.553. The van der Waals surface area contributed by atoms with E-state index in [9.17, 15) is 9.59 Å². The van der Waals surface area contributed by atoms with Crippen molar-refractivity contribution in [2.75, 3.05) is 11.2 Å². The SMILES string of the molecule is CCC(=O)N1c2ccccc2-c2c(=O)[nH]c(SC)n[n+]2[C@H]1c1cccc(Br)c1. The molecule has 1 aliphatic heterocycles. The number of para-hydroxylation sites is 1. The first-order chi connectivity index (χ1) is 13.5. The van der Waals surface area contributed by atoms with Gasteiger partial charge in [0.2, 0.25) is 11.1 Å². The number of halogens is 1. The average Bonchev–Trinajstić information content (AvgIpc) is 2.71. The molecule has 0 saturated carbocycles. The van der Waals surface area contributed by atoms with Crippen LogP contribution in [0.5, 0.6) is 0 Å². The molecule has 0 unspecified atom stereocenters. The lowest BCUT2D eigenvalue weighted by atomic mass is 10.0. The van der Waals surface area contributed by atoms with Gasteiger partial charge in [0, 0.05) is 21.6 Å². The summed E-state index contributed by atoms with van der Waals surface area (Å²) in [5, 5.41) is 5.16. The number of H-pyrrole nitrogens is 1. The molecule has 4 rings (SSSR count). The Hall–Kier alpha value is -2.45. The van der Waals surface area contributed by atoms with Crippen molar-refractivity contribution < 1.29 is 9.48 Å². The van der Waals surface area contributed by atoms with E-state index in [2.05, 4.69) is 26.0 Å². The highest BCUT2D eigenvalue weighted by Gasteiger charge is 2.45. The van der Waals surface area contributed by atoms with Crippen LogP contribution in [0.25, 0.3) is 11.3 Å². The summed E-state index contributed by atoms with van der Waals surface area (Å²) in [7, 11) is 0. The van der Waals surface area contributed by atoms with Crippen molar-refractivity contribution in [3.63, 3.8) is 0 Å².